The van der Waals surface area contributed by atoms with Crippen molar-refractivity contribution in [3.8, 4) is 0 Å². The Morgan fingerprint density at radius 3 is 2.58 bits per heavy atom. The zero-order valence-electron chi connectivity index (χ0n) is 13.7. The summed E-state index contributed by atoms with van der Waals surface area (Å²) < 4.78 is 30.6. The first-order chi connectivity index (χ1) is 11.4. The Morgan fingerprint density at radius 2 is 1.88 bits per heavy atom. The minimum atomic E-state index is -3.32. The third-order valence-electron chi connectivity index (χ3n) is 4.46. The highest BCUT2D eigenvalue weighted by atomic mass is 32.2. The van der Waals surface area contributed by atoms with E-state index in [-0.39, 0.29) is 18.1 Å². The predicted octanol–water partition coefficient (Wildman–Crippen LogP) is 1.38. The fourth-order valence-electron chi connectivity index (χ4n) is 3.25. The smallest absolute Gasteiger partial charge is 0.315 e. The molecular weight excluding hydrogens is 330 g/mol. The fourth-order valence-corrected chi connectivity index (χ4v) is 4.21. The van der Waals surface area contributed by atoms with Gasteiger partial charge in [-0.25, -0.2) is 13.2 Å². The molecule has 1 aromatic rings. The first-order valence-electron chi connectivity index (χ1n) is 8.16. The number of rotatable bonds is 3. The third-order valence-corrected chi connectivity index (χ3v) is 5.64. The number of fused-ring (bicyclic) bond motifs is 1. The minimum Gasteiger partial charge on any atom is -0.381 e. The van der Waals surface area contributed by atoms with E-state index in [1.165, 1.54) is 10.6 Å². The predicted molar refractivity (Wildman–Crippen MR) is 91.5 cm³/mol. The summed E-state index contributed by atoms with van der Waals surface area (Å²) >= 11 is 0. The number of anilines is 1. The Kier molecular flexibility index (Phi) is 4.96. The van der Waals surface area contributed by atoms with E-state index in [4.69, 9.17) is 4.74 Å². The molecule has 3 rings (SSSR count). The topological polar surface area (TPSA) is 87.7 Å². The molecular formula is C16H23N3O4S. The number of amides is 2. The molecule has 1 unspecified atom stereocenters. The van der Waals surface area contributed by atoms with Gasteiger partial charge in [-0.1, -0.05) is 18.2 Å². The standard InChI is InChI=1S/C16H23N3O4S/c1-24(21,22)19-9-6-14(13-4-2-3-5-15(13)19)18-16(20)17-12-7-10-23-11-8-12/h2-5,12,14H,6-11H2,1H3,(H2,17,18,20). The molecule has 0 aliphatic carbocycles. The van der Waals surface area contributed by atoms with Crippen LogP contribution in [0.2, 0.25) is 0 Å². The number of nitrogens with one attached hydrogen (secondary N) is 2. The van der Waals surface area contributed by atoms with E-state index in [0.717, 1.165) is 18.4 Å². The van der Waals surface area contributed by atoms with Gasteiger partial charge in [-0.15, -0.1) is 0 Å². The average molecular weight is 353 g/mol. The van der Waals surface area contributed by atoms with Crippen LogP contribution in [0, 0.1) is 0 Å². The first-order valence-corrected chi connectivity index (χ1v) is 10.0. The van der Waals surface area contributed by atoms with Crippen LogP contribution in [0.25, 0.3) is 0 Å². The summed E-state index contributed by atoms with van der Waals surface area (Å²) in [5.41, 5.74) is 1.47. The molecule has 2 N–H and O–H groups in total. The molecule has 8 heteroatoms. The second kappa shape index (κ2) is 6.98. The monoisotopic (exact) mass is 353 g/mol. The molecule has 0 radical (unpaired) electrons. The average Bonchev–Trinajstić information content (AvgIpc) is 2.55. The molecule has 2 heterocycles. The normalized spacial score (nSPS) is 21.9. The van der Waals surface area contributed by atoms with Gasteiger partial charge in [0, 0.05) is 25.8 Å². The van der Waals surface area contributed by atoms with Gasteiger partial charge in [-0.3, -0.25) is 4.31 Å². The number of sulfonamides is 1. The number of hydrogen-bond donors (Lipinski definition) is 2. The molecule has 2 aliphatic rings. The van der Waals surface area contributed by atoms with E-state index in [0.29, 0.717) is 31.9 Å². The van der Waals surface area contributed by atoms with Gasteiger partial charge in [0.1, 0.15) is 0 Å². The van der Waals surface area contributed by atoms with Gasteiger partial charge in [0.05, 0.1) is 18.0 Å². The van der Waals surface area contributed by atoms with Gasteiger partial charge in [0.15, 0.2) is 0 Å². The molecule has 0 aromatic heterocycles. The van der Waals surface area contributed by atoms with Crippen molar-refractivity contribution in [1.29, 1.82) is 0 Å². The van der Waals surface area contributed by atoms with Crippen molar-refractivity contribution in [2.75, 3.05) is 30.3 Å². The summed E-state index contributed by atoms with van der Waals surface area (Å²) in [6, 6.07) is 7.03. The third kappa shape index (κ3) is 3.81. The van der Waals surface area contributed by atoms with Crippen molar-refractivity contribution in [1.82, 2.24) is 10.6 Å². The molecule has 1 saturated heterocycles. The molecule has 2 amide bonds. The maximum atomic E-state index is 12.3. The Morgan fingerprint density at radius 1 is 1.17 bits per heavy atom. The van der Waals surface area contributed by atoms with E-state index in [1.54, 1.807) is 6.07 Å². The Labute approximate surface area is 142 Å². The summed E-state index contributed by atoms with van der Waals surface area (Å²) in [6.45, 7) is 1.69. The lowest BCUT2D eigenvalue weighted by Gasteiger charge is -2.34. The maximum Gasteiger partial charge on any atom is 0.315 e. The fraction of sp³-hybridized carbons (Fsp3) is 0.562. The van der Waals surface area contributed by atoms with Crippen molar-refractivity contribution in [2.24, 2.45) is 0 Å². The second-order valence-corrected chi connectivity index (χ2v) is 8.15. The second-order valence-electron chi connectivity index (χ2n) is 6.24. The quantitative estimate of drug-likeness (QED) is 0.859. The van der Waals surface area contributed by atoms with E-state index >= 15 is 0 Å². The van der Waals surface area contributed by atoms with Gasteiger partial charge < -0.3 is 15.4 Å². The van der Waals surface area contributed by atoms with Crippen molar-refractivity contribution in [2.45, 2.75) is 31.3 Å². The summed E-state index contributed by atoms with van der Waals surface area (Å²) in [5.74, 6) is 0. The van der Waals surface area contributed by atoms with Crippen LogP contribution >= 0.6 is 0 Å². The number of hydrogen-bond acceptors (Lipinski definition) is 4. The van der Waals surface area contributed by atoms with Gasteiger partial charge >= 0.3 is 6.03 Å². The van der Waals surface area contributed by atoms with Gasteiger partial charge in [0.2, 0.25) is 10.0 Å². The lowest BCUT2D eigenvalue weighted by atomic mass is 9.98. The van der Waals surface area contributed by atoms with Crippen LogP contribution < -0.4 is 14.9 Å². The molecule has 1 atom stereocenters. The molecule has 0 saturated carbocycles. The zero-order chi connectivity index (χ0) is 17.2. The highest BCUT2D eigenvalue weighted by Crippen LogP contribution is 2.34. The van der Waals surface area contributed by atoms with Crippen LogP contribution in [0.1, 0.15) is 30.9 Å². The molecule has 0 spiro atoms. The molecule has 1 aromatic carbocycles. The summed E-state index contributed by atoms with van der Waals surface area (Å²) in [7, 11) is -3.32. The van der Waals surface area contributed by atoms with Crippen LogP contribution in [0.5, 0.6) is 0 Å². The van der Waals surface area contributed by atoms with Crippen molar-refractivity contribution in [3.05, 3.63) is 29.8 Å². The van der Waals surface area contributed by atoms with Gasteiger partial charge in [-0.2, -0.15) is 0 Å². The summed E-state index contributed by atoms with van der Waals surface area (Å²) in [5, 5.41) is 5.96. The number of benzene rings is 1. The number of carbonyl (C=O) groups excluding carboxylic acids is 1. The molecule has 132 valence electrons. The van der Waals surface area contributed by atoms with Gasteiger partial charge in [-0.05, 0) is 30.9 Å². The number of para-hydroxylation sites is 1. The molecule has 1 fully saturated rings. The van der Waals surface area contributed by atoms with Crippen molar-refractivity contribution in [3.63, 3.8) is 0 Å². The van der Waals surface area contributed by atoms with Crippen LogP contribution in [0.4, 0.5) is 10.5 Å². The lowest BCUT2D eigenvalue weighted by molar-refractivity contribution is 0.0799. The van der Waals surface area contributed by atoms with Crippen LogP contribution in [0.3, 0.4) is 0 Å². The van der Waals surface area contributed by atoms with E-state index in [9.17, 15) is 13.2 Å². The Balaban J connectivity index is 1.71. The largest absolute Gasteiger partial charge is 0.381 e. The van der Waals surface area contributed by atoms with Crippen LogP contribution in [-0.2, 0) is 14.8 Å². The maximum absolute atomic E-state index is 12.3. The van der Waals surface area contributed by atoms with Crippen LogP contribution in [0.15, 0.2) is 24.3 Å². The number of ether oxygens (including phenoxy) is 1. The van der Waals surface area contributed by atoms with E-state index < -0.39 is 10.0 Å². The van der Waals surface area contributed by atoms with Crippen molar-refractivity contribution < 1.29 is 17.9 Å². The first kappa shape index (κ1) is 17.0. The highest BCUT2D eigenvalue weighted by Gasteiger charge is 2.30. The van der Waals surface area contributed by atoms with E-state index in [2.05, 4.69) is 10.6 Å². The van der Waals surface area contributed by atoms with Crippen LogP contribution in [-0.4, -0.2) is 46.5 Å². The number of nitrogens with zero attached hydrogens (tertiary/aromatic N) is 1. The lowest BCUT2D eigenvalue weighted by Crippen LogP contribution is -2.47. The van der Waals surface area contributed by atoms with Crippen molar-refractivity contribution >= 4 is 21.7 Å². The molecule has 24 heavy (non-hydrogen) atoms. The van der Waals surface area contributed by atoms with Gasteiger partial charge in [0.25, 0.3) is 0 Å². The number of carbonyl (C=O) groups is 1. The number of urea groups is 1. The molecule has 2 aliphatic heterocycles. The van der Waals surface area contributed by atoms with E-state index in [1.807, 2.05) is 18.2 Å². The Hall–Kier alpha value is -1.80. The zero-order valence-corrected chi connectivity index (χ0v) is 14.5. The Bertz CT molecular complexity index is 701. The minimum absolute atomic E-state index is 0.130. The summed E-state index contributed by atoms with van der Waals surface area (Å²) in [6.07, 6.45) is 3.38. The SMILES string of the molecule is CS(=O)(=O)N1CCC(NC(=O)NC2CCOCC2)c2ccccc21. The molecule has 0 bridgehead atoms. The summed E-state index contributed by atoms with van der Waals surface area (Å²) in [4.78, 5) is 12.3. The molecule has 7 nitrogen and oxygen atoms in total. The highest BCUT2D eigenvalue weighted by molar-refractivity contribution is 7.92.